The van der Waals surface area contributed by atoms with Gasteiger partial charge in [0, 0.05) is 29.9 Å². The van der Waals surface area contributed by atoms with Crippen molar-refractivity contribution in [2.45, 2.75) is 19.0 Å². The van der Waals surface area contributed by atoms with E-state index in [0.29, 0.717) is 17.3 Å². The molecule has 2 aliphatic rings. The van der Waals surface area contributed by atoms with E-state index in [1.807, 2.05) is 34.9 Å². The SMILES string of the molecule is CN1CCc2cn(Cc3cccc(Cl)c3)c3c2C1C=C(N)C3=O. The van der Waals surface area contributed by atoms with Crippen LogP contribution in [0, 0.1) is 0 Å². The molecule has 2 aromatic rings. The lowest BCUT2D eigenvalue weighted by molar-refractivity contribution is 0.101. The Morgan fingerprint density at radius 1 is 1.39 bits per heavy atom. The molecular weight excluding hydrogens is 310 g/mol. The Morgan fingerprint density at radius 3 is 3.00 bits per heavy atom. The van der Waals surface area contributed by atoms with E-state index in [1.54, 1.807) is 0 Å². The Kier molecular flexibility index (Phi) is 3.32. The number of likely N-dealkylation sites (N-methyl/N-ethyl adjacent to an activating group) is 1. The lowest BCUT2D eigenvalue weighted by Gasteiger charge is -2.33. The molecule has 0 fully saturated rings. The van der Waals surface area contributed by atoms with Crippen LogP contribution in [0.2, 0.25) is 5.02 Å². The van der Waals surface area contributed by atoms with Gasteiger partial charge in [-0.1, -0.05) is 23.7 Å². The van der Waals surface area contributed by atoms with E-state index in [1.165, 1.54) is 5.56 Å². The van der Waals surface area contributed by atoms with Crippen molar-refractivity contribution < 1.29 is 4.79 Å². The van der Waals surface area contributed by atoms with E-state index in [4.69, 9.17) is 17.3 Å². The second-order valence-corrected chi connectivity index (χ2v) is 6.74. The fourth-order valence-electron chi connectivity index (χ4n) is 3.62. The molecule has 4 nitrogen and oxygen atoms in total. The molecule has 4 rings (SSSR count). The predicted octanol–water partition coefficient (Wildman–Crippen LogP) is 2.76. The van der Waals surface area contributed by atoms with Gasteiger partial charge in [0.25, 0.3) is 0 Å². The van der Waals surface area contributed by atoms with Crippen molar-refractivity contribution in [3.63, 3.8) is 0 Å². The van der Waals surface area contributed by atoms with Crippen molar-refractivity contribution >= 4 is 17.4 Å². The summed E-state index contributed by atoms with van der Waals surface area (Å²) in [6.07, 6.45) is 4.95. The van der Waals surface area contributed by atoms with Crippen LogP contribution < -0.4 is 5.73 Å². The molecular formula is C18H18ClN3O. The average molecular weight is 328 g/mol. The number of carbonyl (C=O) groups is 1. The molecule has 1 unspecified atom stereocenters. The number of halogens is 1. The van der Waals surface area contributed by atoms with Gasteiger partial charge >= 0.3 is 0 Å². The molecule has 1 aliphatic carbocycles. The zero-order chi connectivity index (χ0) is 16.1. The highest BCUT2D eigenvalue weighted by atomic mass is 35.5. The summed E-state index contributed by atoms with van der Waals surface area (Å²) in [5.74, 6) is -0.0696. The fourth-order valence-corrected chi connectivity index (χ4v) is 3.83. The Bertz CT molecular complexity index is 837. The second-order valence-electron chi connectivity index (χ2n) is 6.30. The largest absolute Gasteiger partial charge is 0.396 e. The van der Waals surface area contributed by atoms with Crippen LogP contribution in [0.25, 0.3) is 0 Å². The molecule has 1 aromatic heterocycles. The van der Waals surface area contributed by atoms with Gasteiger partial charge in [0.05, 0.1) is 17.4 Å². The molecule has 1 aromatic carbocycles. The van der Waals surface area contributed by atoms with Gasteiger partial charge in [-0.05, 0) is 42.8 Å². The van der Waals surface area contributed by atoms with Crippen LogP contribution >= 0.6 is 11.6 Å². The molecule has 0 spiro atoms. The van der Waals surface area contributed by atoms with Crippen LogP contribution in [0.1, 0.15) is 33.2 Å². The number of nitrogens with zero attached hydrogens (tertiary/aromatic N) is 2. The molecule has 5 heteroatoms. The Hall–Kier alpha value is -2.04. The number of aromatic nitrogens is 1. The summed E-state index contributed by atoms with van der Waals surface area (Å²) in [5, 5.41) is 0.705. The average Bonchev–Trinajstić information content (AvgIpc) is 2.87. The third kappa shape index (κ3) is 2.30. The summed E-state index contributed by atoms with van der Waals surface area (Å²) in [4.78, 5) is 14.9. The molecule has 0 bridgehead atoms. The lowest BCUT2D eigenvalue weighted by Crippen LogP contribution is -2.35. The van der Waals surface area contributed by atoms with Crippen molar-refractivity contribution in [1.29, 1.82) is 0 Å². The van der Waals surface area contributed by atoms with Crippen LogP contribution in [-0.4, -0.2) is 28.8 Å². The van der Waals surface area contributed by atoms with E-state index < -0.39 is 0 Å². The van der Waals surface area contributed by atoms with E-state index in [2.05, 4.69) is 18.1 Å². The maximum absolute atomic E-state index is 12.6. The monoisotopic (exact) mass is 327 g/mol. The quantitative estimate of drug-likeness (QED) is 0.922. The molecule has 118 valence electrons. The summed E-state index contributed by atoms with van der Waals surface area (Å²) in [5.41, 5.74) is 10.5. The summed E-state index contributed by atoms with van der Waals surface area (Å²) >= 11 is 6.08. The number of carbonyl (C=O) groups excluding carboxylic acids is 1. The van der Waals surface area contributed by atoms with Crippen molar-refractivity contribution in [3.8, 4) is 0 Å². The smallest absolute Gasteiger partial charge is 0.225 e. The predicted molar refractivity (Wildman–Crippen MR) is 90.7 cm³/mol. The van der Waals surface area contributed by atoms with Crippen LogP contribution in [-0.2, 0) is 13.0 Å². The number of allylic oxidation sites excluding steroid dienone is 1. The summed E-state index contributed by atoms with van der Waals surface area (Å²) in [7, 11) is 2.07. The van der Waals surface area contributed by atoms with Crippen molar-refractivity contribution in [3.05, 3.63) is 69.6 Å². The Balaban J connectivity index is 1.82. The highest BCUT2D eigenvalue weighted by Gasteiger charge is 2.36. The zero-order valence-corrected chi connectivity index (χ0v) is 13.7. The number of hydrogen-bond donors (Lipinski definition) is 1. The van der Waals surface area contributed by atoms with Gasteiger partial charge in [-0.3, -0.25) is 9.69 Å². The third-order valence-electron chi connectivity index (χ3n) is 4.76. The summed E-state index contributed by atoms with van der Waals surface area (Å²) in [6.45, 7) is 1.59. The number of Topliss-reactive ketones (excluding diaryl/α,β-unsaturated/α-hetero) is 1. The maximum Gasteiger partial charge on any atom is 0.225 e. The molecule has 0 radical (unpaired) electrons. The Labute approximate surface area is 140 Å². The van der Waals surface area contributed by atoms with E-state index >= 15 is 0 Å². The molecule has 2 N–H and O–H groups in total. The molecule has 0 saturated heterocycles. The molecule has 1 atom stereocenters. The highest BCUT2D eigenvalue weighted by molar-refractivity contribution is 6.30. The minimum atomic E-state index is -0.0696. The van der Waals surface area contributed by atoms with E-state index in [9.17, 15) is 4.79 Å². The van der Waals surface area contributed by atoms with E-state index in [-0.39, 0.29) is 11.8 Å². The minimum Gasteiger partial charge on any atom is -0.396 e. The number of ketones is 1. The number of benzene rings is 1. The first-order valence-electron chi connectivity index (χ1n) is 7.73. The van der Waals surface area contributed by atoms with Gasteiger partial charge < -0.3 is 10.3 Å². The lowest BCUT2D eigenvalue weighted by atomic mass is 9.88. The summed E-state index contributed by atoms with van der Waals surface area (Å²) < 4.78 is 2.03. The first kappa shape index (κ1) is 14.5. The zero-order valence-electron chi connectivity index (χ0n) is 12.9. The van der Waals surface area contributed by atoms with Crippen molar-refractivity contribution in [2.75, 3.05) is 13.6 Å². The molecule has 23 heavy (non-hydrogen) atoms. The fraction of sp³-hybridized carbons (Fsp3) is 0.278. The van der Waals surface area contributed by atoms with Gasteiger partial charge in [0.15, 0.2) is 0 Å². The standard InChI is InChI=1S/C18H18ClN3O/c1-21-6-5-12-10-22(9-11-3-2-4-13(19)7-11)17-16(12)15(21)8-14(20)18(17)23/h2-4,7-8,10,15H,5-6,9,20H2,1H3. The third-order valence-corrected chi connectivity index (χ3v) is 5.00. The molecule has 2 heterocycles. The van der Waals surface area contributed by atoms with Gasteiger partial charge in [-0.15, -0.1) is 0 Å². The first-order chi connectivity index (χ1) is 11.0. The van der Waals surface area contributed by atoms with Crippen LogP contribution in [0.5, 0.6) is 0 Å². The topological polar surface area (TPSA) is 51.3 Å². The van der Waals surface area contributed by atoms with Gasteiger partial charge in [-0.2, -0.15) is 0 Å². The first-order valence-corrected chi connectivity index (χ1v) is 8.11. The van der Waals surface area contributed by atoms with Gasteiger partial charge in [0.1, 0.15) is 0 Å². The highest BCUT2D eigenvalue weighted by Crippen LogP contribution is 2.38. The number of rotatable bonds is 2. The molecule has 0 amide bonds. The van der Waals surface area contributed by atoms with Crippen LogP contribution in [0.15, 0.2) is 42.2 Å². The van der Waals surface area contributed by atoms with Crippen LogP contribution in [0.4, 0.5) is 0 Å². The minimum absolute atomic E-state index is 0.0696. The number of hydrogen-bond acceptors (Lipinski definition) is 3. The molecule has 1 aliphatic heterocycles. The van der Waals surface area contributed by atoms with E-state index in [0.717, 1.165) is 29.8 Å². The normalized spacial score (nSPS) is 20.3. The summed E-state index contributed by atoms with van der Waals surface area (Å²) in [6, 6.07) is 7.84. The Morgan fingerprint density at radius 2 is 2.22 bits per heavy atom. The van der Waals surface area contributed by atoms with Crippen molar-refractivity contribution in [2.24, 2.45) is 5.73 Å². The van der Waals surface area contributed by atoms with Gasteiger partial charge in [-0.25, -0.2) is 0 Å². The second kappa shape index (κ2) is 5.25. The molecule has 0 saturated carbocycles. The van der Waals surface area contributed by atoms with Crippen LogP contribution in [0.3, 0.4) is 0 Å². The van der Waals surface area contributed by atoms with Crippen molar-refractivity contribution in [1.82, 2.24) is 9.47 Å². The maximum atomic E-state index is 12.6. The van der Waals surface area contributed by atoms with Gasteiger partial charge in [0.2, 0.25) is 5.78 Å². The number of nitrogens with two attached hydrogens (primary N) is 1.